The summed E-state index contributed by atoms with van der Waals surface area (Å²) in [6, 6.07) is 10.8. The lowest BCUT2D eigenvalue weighted by atomic mass is 10.2. The van der Waals surface area contributed by atoms with Crippen LogP contribution in [0.25, 0.3) is 16.7 Å². The molecule has 1 aromatic heterocycles. The highest BCUT2D eigenvalue weighted by atomic mass is 35.5. The number of carbonyl (C=O) groups is 1. The number of halogens is 2. The quantitative estimate of drug-likeness (QED) is 0.503. The van der Waals surface area contributed by atoms with Gasteiger partial charge in [0.05, 0.1) is 21.1 Å². The minimum Gasteiger partial charge on any atom is -0.427 e. The highest BCUT2D eigenvalue weighted by Gasteiger charge is 2.13. The molecule has 2 aromatic carbocycles. The van der Waals surface area contributed by atoms with E-state index < -0.39 is 0 Å². The molecule has 118 valence electrons. The van der Waals surface area contributed by atoms with E-state index >= 15 is 0 Å². The van der Waals surface area contributed by atoms with Crippen molar-refractivity contribution < 1.29 is 9.53 Å². The van der Waals surface area contributed by atoms with Crippen LogP contribution in [0.2, 0.25) is 10.0 Å². The van der Waals surface area contributed by atoms with Crippen LogP contribution in [0.15, 0.2) is 36.4 Å². The van der Waals surface area contributed by atoms with Crippen LogP contribution in [0.5, 0.6) is 5.75 Å². The number of aromatic nitrogens is 2. The van der Waals surface area contributed by atoms with Crippen molar-refractivity contribution in [3.8, 4) is 11.4 Å². The van der Waals surface area contributed by atoms with Crippen molar-refractivity contribution in [2.75, 3.05) is 0 Å². The third-order valence-corrected chi connectivity index (χ3v) is 4.16. The Bertz CT molecular complexity index is 886. The third kappa shape index (κ3) is 3.05. The largest absolute Gasteiger partial charge is 0.427 e. The van der Waals surface area contributed by atoms with Gasteiger partial charge in [-0.3, -0.25) is 9.36 Å². The molecule has 0 saturated heterocycles. The number of hydrogen-bond acceptors (Lipinski definition) is 3. The maximum absolute atomic E-state index is 11.0. The van der Waals surface area contributed by atoms with Gasteiger partial charge in [-0.05, 0) is 36.4 Å². The Morgan fingerprint density at radius 1 is 1.17 bits per heavy atom. The van der Waals surface area contributed by atoms with Crippen molar-refractivity contribution in [1.82, 2.24) is 9.55 Å². The van der Waals surface area contributed by atoms with Crippen LogP contribution in [0.3, 0.4) is 0 Å². The number of fused-ring (bicyclic) bond motifs is 1. The van der Waals surface area contributed by atoms with E-state index in [0.29, 0.717) is 15.8 Å². The molecule has 0 spiro atoms. The number of carbonyl (C=O) groups excluding carboxylic acids is 1. The molecule has 0 radical (unpaired) electrons. The Hall–Kier alpha value is -2.04. The molecule has 3 aromatic rings. The zero-order valence-electron chi connectivity index (χ0n) is 12.6. The van der Waals surface area contributed by atoms with Gasteiger partial charge in [0.25, 0.3) is 0 Å². The van der Waals surface area contributed by atoms with Crippen molar-refractivity contribution in [3.63, 3.8) is 0 Å². The van der Waals surface area contributed by atoms with Crippen LogP contribution in [-0.4, -0.2) is 15.5 Å². The molecular weight excluding hydrogens is 335 g/mol. The highest BCUT2D eigenvalue weighted by molar-refractivity contribution is 6.42. The average Bonchev–Trinajstić information content (AvgIpc) is 2.85. The van der Waals surface area contributed by atoms with Crippen LogP contribution in [0.1, 0.15) is 19.7 Å². The first-order valence-electron chi connectivity index (χ1n) is 7.15. The second kappa shape index (κ2) is 6.22. The number of esters is 1. The molecule has 23 heavy (non-hydrogen) atoms. The third-order valence-electron chi connectivity index (χ3n) is 3.44. The van der Waals surface area contributed by atoms with Crippen LogP contribution in [-0.2, 0) is 11.2 Å². The fourth-order valence-electron chi connectivity index (χ4n) is 2.48. The molecule has 0 amide bonds. The van der Waals surface area contributed by atoms with Crippen molar-refractivity contribution in [2.45, 2.75) is 20.3 Å². The van der Waals surface area contributed by atoms with Crippen LogP contribution < -0.4 is 4.74 Å². The molecule has 0 bridgehead atoms. The monoisotopic (exact) mass is 348 g/mol. The first-order valence-corrected chi connectivity index (χ1v) is 7.90. The summed E-state index contributed by atoms with van der Waals surface area (Å²) in [5.74, 6) is 1.06. The molecule has 0 atom stereocenters. The lowest BCUT2D eigenvalue weighted by Gasteiger charge is -2.09. The van der Waals surface area contributed by atoms with E-state index in [1.54, 1.807) is 18.2 Å². The standard InChI is InChI=1S/C17H14Cl2N2O2/c1-3-17-20-15-8-13(18)14(19)9-16(15)21(17)11-4-6-12(7-5-11)23-10(2)22/h4-9H,3H2,1-2H3. The Morgan fingerprint density at radius 3 is 2.43 bits per heavy atom. The van der Waals surface area contributed by atoms with E-state index in [4.69, 9.17) is 27.9 Å². The predicted octanol–water partition coefficient (Wildman–Crippen LogP) is 4.82. The molecule has 0 fully saturated rings. The van der Waals surface area contributed by atoms with Gasteiger partial charge < -0.3 is 4.74 Å². The number of rotatable bonds is 3. The summed E-state index contributed by atoms with van der Waals surface area (Å²) in [6.45, 7) is 3.41. The molecule has 4 nitrogen and oxygen atoms in total. The van der Waals surface area contributed by atoms with Gasteiger partial charge in [0.2, 0.25) is 0 Å². The minimum absolute atomic E-state index is 0.346. The van der Waals surface area contributed by atoms with Gasteiger partial charge in [-0.15, -0.1) is 0 Å². The van der Waals surface area contributed by atoms with E-state index in [0.717, 1.165) is 29.0 Å². The van der Waals surface area contributed by atoms with Crippen molar-refractivity contribution in [2.24, 2.45) is 0 Å². The van der Waals surface area contributed by atoms with E-state index in [2.05, 4.69) is 4.98 Å². The zero-order chi connectivity index (χ0) is 16.6. The van der Waals surface area contributed by atoms with Crippen molar-refractivity contribution in [1.29, 1.82) is 0 Å². The molecular formula is C17H14Cl2N2O2. The summed E-state index contributed by atoms with van der Waals surface area (Å²) in [7, 11) is 0. The SMILES string of the molecule is CCc1nc2cc(Cl)c(Cl)cc2n1-c1ccc(OC(C)=O)cc1. The molecule has 0 aliphatic carbocycles. The topological polar surface area (TPSA) is 44.1 Å². The average molecular weight is 349 g/mol. The first-order chi connectivity index (χ1) is 11.0. The second-order valence-electron chi connectivity index (χ2n) is 5.06. The van der Waals surface area contributed by atoms with E-state index in [1.165, 1.54) is 6.92 Å². The van der Waals surface area contributed by atoms with Crippen molar-refractivity contribution >= 4 is 40.2 Å². The predicted molar refractivity (Wildman–Crippen MR) is 91.8 cm³/mol. The van der Waals surface area contributed by atoms with Crippen molar-refractivity contribution in [3.05, 3.63) is 52.3 Å². The lowest BCUT2D eigenvalue weighted by Crippen LogP contribution is -2.03. The Morgan fingerprint density at radius 2 is 1.83 bits per heavy atom. The summed E-state index contributed by atoms with van der Waals surface area (Å²) in [4.78, 5) is 15.6. The van der Waals surface area contributed by atoms with Gasteiger partial charge in [0.1, 0.15) is 11.6 Å². The highest BCUT2D eigenvalue weighted by Crippen LogP contribution is 2.30. The first kappa shape index (κ1) is 15.8. The molecule has 0 aliphatic heterocycles. The van der Waals surface area contributed by atoms with E-state index in [1.807, 2.05) is 29.7 Å². The summed E-state index contributed by atoms with van der Waals surface area (Å²) in [5, 5.41) is 0.969. The lowest BCUT2D eigenvalue weighted by molar-refractivity contribution is -0.131. The summed E-state index contributed by atoms with van der Waals surface area (Å²) in [6.07, 6.45) is 0.760. The van der Waals surface area contributed by atoms with Gasteiger partial charge in [0, 0.05) is 19.0 Å². The smallest absolute Gasteiger partial charge is 0.308 e. The van der Waals surface area contributed by atoms with Gasteiger partial charge in [-0.2, -0.15) is 0 Å². The Labute approximate surface area is 143 Å². The van der Waals surface area contributed by atoms with Gasteiger partial charge >= 0.3 is 5.97 Å². The Kier molecular flexibility index (Phi) is 4.28. The number of hydrogen-bond donors (Lipinski definition) is 0. The van der Waals surface area contributed by atoms with E-state index in [-0.39, 0.29) is 5.97 Å². The minimum atomic E-state index is -0.346. The van der Waals surface area contributed by atoms with Crippen LogP contribution in [0.4, 0.5) is 0 Å². The van der Waals surface area contributed by atoms with E-state index in [9.17, 15) is 4.79 Å². The number of aryl methyl sites for hydroxylation is 1. The molecule has 3 rings (SSSR count). The molecule has 0 unspecified atom stereocenters. The normalized spacial score (nSPS) is 11.0. The summed E-state index contributed by atoms with van der Waals surface area (Å²) < 4.78 is 7.09. The van der Waals surface area contributed by atoms with Crippen LogP contribution >= 0.6 is 23.2 Å². The van der Waals surface area contributed by atoms with Gasteiger partial charge in [-0.25, -0.2) is 4.98 Å². The number of nitrogens with zero attached hydrogens (tertiary/aromatic N) is 2. The van der Waals surface area contributed by atoms with Gasteiger partial charge in [-0.1, -0.05) is 30.1 Å². The molecule has 6 heteroatoms. The molecule has 0 saturated carbocycles. The van der Waals surface area contributed by atoms with Crippen LogP contribution in [0, 0.1) is 0 Å². The maximum atomic E-state index is 11.0. The fourth-order valence-corrected chi connectivity index (χ4v) is 2.79. The zero-order valence-corrected chi connectivity index (χ0v) is 14.1. The number of benzene rings is 2. The molecule has 1 heterocycles. The van der Waals surface area contributed by atoms with Gasteiger partial charge in [0.15, 0.2) is 0 Å². The summed E-state index contributed by atoms with van der Waals surface area (Å²) >= 11 is 12.2. The maximum Gasteiger partial charge on any atom is 0.308 e. The molecule has 0 aliphatic rings. The second-order valence-corrected chi connectivity index (χ2v) is 5.87. The number of imidazole rings is 1. The fraction of sp³-hybridized carbons (Fsp3) is 0.176. The summed E-state index contributed by atoms with van der Waals surface area (Å²) in [5.41, 5.74) is 2.59. The number of ether oxygens (including phenoxy) is 1. The Balaban J connectivity index is 2.14. The molecule has 0 N–H and O–H groups in total.